The molecule has 2 bridgehead atoms. The van der Waals surface area contributed by atoms with E-state index in [1.54, 1.807) is 0 Å². The molecule has 0 aromatic rings. The zero-order chi connectivity index (χ0) is 7.84. The van der Waals surface area contributed by atoms with Crippen LogP contribution in [0.4, 0.5) is 0 Å². The van der Waals surface area contributed by atoms with Gasteiger partial charge in [0, 0.05) is 19.6 Å². The highest BCUT2D eigenvalue weighted by atomic mass is 16.1. The molecular formula is C7H13N3O. The SMILES string of the molecule is NC(=O)C1CNN2CCC1C2. The van der Waals surface area contributed by atoms with Crippen LogP contribution in [-0.4, -0.2) is 30.6 Å². The molecule has 1 amide bonds. The molecular weight excluding hydrogens is 142 g/mol. The molecule has 2 saturated heterocycles. The number of fused-ring (bicyclic) bond motifs is 2. The van der Waals surface area contributed by atoms with E-state index in [4.69, 9.17) is 5.73 Å². The molecule has 0 radical (unpaired) electrons. The van der Waals surface area contributed by atoms with E-state index in [0.717, 1.165) is 26.1 Å². The number of nitrogens with two attached hydrogens (primary N) is 1. The van der Waals surface area contributed by atoms with Crippen LogP contribution in [0.5, 0.6) is 0 Å². The molecule has 3 unspecified atom stereocenters. The molecule has 3 N–H and O–H groups in total. The van der Waals surface area contributed by atoms with Crippen LogP contribution in [0.25, 0.3) is 0 Å². The fraction of sp³-hybridized carbons (Fsp3) is 0.857. The molecule has 2 rings (SSSR count). The summed E-state index contributed by atoms with van der Waals surface area (Å²) in [6, 6.07) is 0. The molecule has 2 aliphatic rings. The molecule has 11 heavy (non-hydrogen) atoms. The van der Waals surface area contributed by atoms with Crippen molar-refractivity contribution in [2.24, 2.45) is 17.6 Å². The fourth-order valence-corrected chi connectivity index (χ4v) is 1.99. The minimum absolute atomic E-state index is 0.0637. The molecule has 2 heterocycles. The topological polar surface area (TPSA) is 58.4 Å². The highest BCUT2D eigenvalue weighted by Crippen LogP contribution is 2.26. The van der Waals surface area contributed by atoms with E-state index < -0.39 is 0 Å². The molecule has 4 heteroatoms. The predicted molar refractivity (Wildman–Crippen MR) is 40.4 cm³/mol. The van der Waals surface area contributed by atoms with Gasteiger partial charge >= 0.3 is 0 Å². The molecule has 0 aromatic carbocycles. The van der Waals surface area contributed by atoms with Crippen molar-refractivity contribution in [2.75, 3.05) is 19.6 Å². The van der Waals surface area contributed by atoms with E-state index in [2.05, 4.69) is 10.4 Å². The number of primary amides is 1. The normalized spacial score (nSPS) is 42.4. The number of carbonyl (C=O) groups is 1. The van der Waals surface area contributed by atoms with Crippen molar-refractivity contribution < 1.29 is 4.79 Å². The van der Waals surface area contributed by atoms with Gasteiger partial charge < -0.3 is 5.73 Å². The van der Waals surface area contributed by atoms with Crippen LogP contribution in [0.1, 0.15) is 6.42 Å². The smallest absolute Gasteiger partial charge is 0.222 e. The Morgan fingerprint density at radius 1 is 1.64 bits per heavy atom. The Kier molecular flexibility index (Phi) is 1.58. The van der Waals surface area contributed by atoms with Gasteiger partial charge in [0.25, 0.3) is 0 Å². The fourth-order valence-electron chi connectivity index (χ4n) is 1.99. The number of hydrogen-bond acceptors (Lipinski definition) is 3. The summed E-state index contributed by atoms with van der Waals surface area (Å²) in [4.78, 5) is 10.9. The number of nitrogens with zero attached hydrogens (tertiary/aromatic N) is 1. The van der Waals surface area contributed by atoms with Gasteiger partial charge in [-0.3, -0.25) is 10.2 Å². The monoisotopic (exact) mass is 155 g/mol. The molecule has 2 aliphatic heterocycles. The van der Waals surface area contributed by atoms with Crippen molar-refractivity contribution in [2.45, 2.75) is 6.42 Å². The lowest BCUT2D eigenvalue weighted by molar-refractivity contribution is -0.124. The Balaban J connectivity index is 2.07. The quantitative estimate of drug-likeness (QED) is 0.507. The lowest BCUT2D eigenvalue weighted by atomic mass is 9.90. The average Bonchev–Trinajstić information content (AvgIpc) is 2.32. The summed E-state index contributed by atoms with van der Waals surface area (Å²) in [6.45, 7) is 2.79. The maximum absolute atomic E-state index is 10.9. The van der Waals surface area contributed by atoms with E-state index in [1.807, 2.05) is 0 Å². The number of amides is 1. The first-order valence-electron chi connectivity index (χ1n) is 4.05. The van der Waals surface area contributed by atoms with Crippen molar-refractivity contribution in [3.8, 4) is 0 Å². The summed E-state index contributed by atoms with van der Waals surface area (Å²) in [7, 11) is 0. The lowest BCUT2D eigenvalue weighted by Crippen LogP contribution is -2.49. The Morgan fingerprint density at radius 2 is 2.45 bits per heavy atom. The molecule has 0 aliphatic carbocycles. The number of hydrazine groups is 1. The minimum Gasteiger partial charge on any atom is -0.369 e. The summed E-state index contributed by atoms with van der Waals surface area (Å²) in [6.07, 6.45) is 1.11. The summed E-state index contributed by atoms with van der Waals surface area (Å²) in [5.74, 6) is 0.423. The van der Waals surface area contributed by atoms with Crippen LogP contribution >= 0.6 is 0 Å². The van der Waals surface area contributed by atoms with Gasteiger partial charge in [-0.1, -0.05) is 0 Å². The molecule has 3 atom stereocenters. The summed E-state index contributed by atoms with van der Waals surface area (Å²) in [5.41, 5.74) is 8.43. The highest BCUT2D eigenvalue weighted by molar-refractivity contribution is 5.77. The van der Waals surface area contributed by atoms with Crippen LogP contribution in [0, 0.1) is 11.8 Å². The van der Waals surface area contributed by atoms with Crippen molar-refractivity contribution in [3.05, 3.63) is 0 Å². The van der Waals surface area contributed by atoms with Crippen LogP contribution in [0.15, 0.2) is 0 Å². The third kappa shape index (κ3) is 1.12. The van der Waals surface area contributed by atoms with Gasteiger partial charge in [0.05, 0.1) is 5.92 Å². The third-order valence-electron chi connectivity index (χ3n) is 2.69. The number of nitrogens with one attached hydrogen (secondary N) is 1. The van der Waals surface area contributed by atoms with E-state index in [9.17, 15) is 4.79 Å². The zero-order valence-corrected chi connectivity index (χ0v) is 6.42. The van der Waals surface area contributed by atoms with Gasteiger partial charge in [-0.25, -0.2) is 5.01 Å². The van der Waals surface area contributed by atoms with Crippen LogP contribution < -0.4 is 11.2 Å². The molecule has 0 spiro atoms. The first-order valence-corrected chi connectivity index (χ1v) is 4.05. The van der Waals surface area contributed by atoms with Crippen LogP contribution in [-0.2, 0) is 4.79 Å². The Labute approximate surface area is 65.7 Å². The van der Waals surface area contributed by atoms with E-state index in [0.29, 0.717) is 5.92 Å². The van der Waals surface area contributed by atoms with E-state index in [1.165, 1.54) is 0 Å². The predicted octanol–water partition coefficient (Wildman–Crippen LogP) is -1.07. The number of hydrogen-bond donors (Lipinski definition) is 2. The van der Waals surface area contributed by atoms with E-state index >= 15 is 0 Å². The van der Waals surface area contributed by atoms with Crippen LogP contribution in [0.2, 0.25) is 0 Å². The van der Waals surface area contributed by atoms with Crippen LogP contribution in [0.3, 0.4) is 0 Å². The highest BCUT2D eigenvalue weighted by Gasteiger charge is 2.36. The Hall–Kier alpha value is -0.610. The summed E-state index contributed by atoms with van der Waals surface area (Å²) in [5, 5.41) is 2.17. The van der Waals surface area contributed by atoms with Gasteiger partial charge in [-0.2, -0.15) is 0 Å². The van der Waals surface area contributed by atoms with Crippen molar-refractivity contribution in [1.82, 2.24) is 10.4 Å². The van der Waals surface area contributed by atoms with Crippen molar-refractivity contribution >= 4 is 5.91 Å². The Bertz CT molecular complexity index is 183. The molecule has 4 nitrogen and oxygen atoms in total. The maximum Gasteiger partial charge on any atom is 0.222 e. The van der Waals surface area contributed by atoms with Crippen molar-refractivity contribution in [3.63, 3.8) is 0 Å². The maximum atomic E-state index is 10.9. The van der Waals surface area contributed by atoms with Crippen molar-refractivity contribution in [1.29, 1.82) is 0 Å². The molecule has 2 fully saturated rings. The minimum atomic E-state index is -0.149. The second kappa shape index (κ2) is 2.46. The first-order chi connectivity index (χ1) is 5.27. The zero-order valence-electron chi connectivity index (χ0n) is 6.42. The second-order valence-corrected chi connectivity index (χ2v) is 3.37. The van der Waals surface area contributed by atoms with Gasteiger partial charge in [0.15, 0.2) is 0 Å². The average molecular weight is 155 g/mol. The lowest BCUT2D eigenvalue weighted by Gasteiger charge is -2.28. The largest absolute Gasteiger partial charge is 0.369 e. The third-order valence-corrected chi connectivity index (χ3v) is 2.69. The molecule has 0 aromatic heterocycles. The van der Waals surface area contributed by atoms with Gasteiger partial charge in [-0.05, 0) is 12.3 Å². The summed E-state index contributed by atoms with van der Waals surface area (Å²) < 4.78 is 0. The second-order valence-electron chi connectivity index (χ2n) is 3.37. The Morgan fingerprint density at radius 3 is 3.18 bits per heavy atom. The van der Waals surface area contributed by atoms with E-state index in [-0.39, 0.29) is 11.8 Å². The van der Waals surface area contributed by atoms with Gasteiger partial charge in [0.1, 0.15) is 0 Å². The molecule has 0 saturated carbocycles. The van der Waals surface area contributed by atoms with Gasteiger partial charge in [-0.15, -0.1) is 0 Å². The summed E-state index contributed by atoms with van der Waals surface area (Å²) >= 11 is 0. The molecule has 62 valence electrons. The first kappa shape index (κ1) is 7.06. The van der Waals surface area contributed by atoms with Gasteiger partial charge in [0.2, 0.25) is 5.91 Å². The number of rotatable bonds is 1. The number of carbonyl (C=O) groups excluding carboxylic acids is 1. The standard InChI is InChI=1S/C7H13N3O/c8-7(11)6-3-9-10-2-1-5(6)4-10/h5-6,9H,1-4H2,(H2,8,11).